The van der Waals surface area contributed by atoms with Gasteiger partial charge in [0.15, 0.2) is 11.6 Å². The van der Waals surface area contributed by atoms with Gasteiger partial charge in [0.1, 0.15) is 5.82 Å². The maximum atomic E-state index is 14.1. The SMILES string of the molecule is Cc1c[nH]nc([C@@H]2CCCCN2C(=O)c2ccc(F)c(F)c2C)ccnc1N1CCC(C#N)C1. The molecule has 178 valence electrons. The standard InChI is InChI=1S/C25H28F2N6O/c1-16-14-30-31-21(8-10-29-24(16)32-12-9-18(13-28)15-32)22-5-3-4-11-33(22)25(34)19-6-7-20(26)23(27)17(19)2/h6-8,10,14,18,22,30H,3-5,9,11-12,15H2,1-2H3/t18?,22-/m0/s1. The summed E-state index contributed by atoms with van der Waals surface area (Å²) < 4.78 is 27.7. The zero-order chi connectivity index (χ0) is 24.2. The highest BCUT2D eigenvalue weighted by Crippen LogP contribution is 2.32. The van der Waals surface area contributed by atoms with Crippen molar-refractivity contribution in [3.63, 3.8) is 0 Å². The normalized spacial score (nSPS) is 20.1. The third kappa shape index (κ3) is 4.72. The maximum absolute atomic E-state index is 14.1. The lowest BCUT2D eigenvalue weighted by molar-refractivity contribution is 0.0603. The van der Waals surface area contributed by atoms with Crippen LogP contribution < -0.4 is 4.90 Å². The molecule has 1 aromatic heterocycles. The van der Waals surface area contributed by atoms with Gasteiger partial charge in [-0.2, -0.15) is 10.4 Å². The Balaban J connectivity index is 1.66. The number of H-pyrrole nitrogens is 1. The first kappa shape index (κ1) is 23.6. The van der Waals surface area contributed by atoms with Crippen molar-refractivity contribution in [2.75, 3.05) is 24.5 Å². The molecule has 2 aromatic rings. The van der Waals surface area contributed by atoms with Crippen LogP contribution in [0, 0.1) is 42.7 Å². The average Bonchev–Trinajstić information content (AvgIpc) is 3.34. The van der Waals surface area contributed by atoms with E-state index in [0.29, 0.717) is 25.2 Å². The molecule has 2 atom stereocenters. The lowest BCUT2D eigenvalue weighted by Crippen LogP contribution is -2.39. The molecule has 0 saturated carbocycles. The molecule has 9 heteroatoms. The molecule has 0 bridgehead atoms. The van der Waals surface area contributed by atoms with Gasteiger partial charge in [-0.25, -0.2) is 13.8 Å². The van der Waals surface area contributed by atoms with Gasteiger partial charge in [0.25, 0.3) is 5.91 Å². The molecule has 2 aliphatic rings. The summed E-state index contributed by atoms with van der Waals surface area (Å²) in [4.78, 5) is 21.8. The number of benzene rings is 1. The maximum Gasteiger partial charge on any atom is 0.254 e. The number of aromatic amines is 1. The van der Waals surface area contributed by atoms with Gasteiger partial charge in [0.2, 0.25) is 0 Å². The lowest BCUT2D eigenvalue weighted by atomic mass is 9.97. The molecule has 34 heavy (non-hydrogen) atoms. The van der Waals surface area contributed by atoms with E-state index in [4.69, 9.17) is 0 Å². The summed E-state index contributed by atoms with van der Waals surface area (Å²) in [6.07, 6.45) is 6.70. The van der Waals surface area contributed by atoms with Crippen LogP contribution in [0.1, 0.15) is 58.9 Å². The van der Waals surface area contributed by atoms with E-state index in [-0.39, 0.29) is 29.0 Å². The molecule has 2 fully saturated rings. The third-order valence-electron chi connectivity index (χ3n) is 6.61. The summed E-state index contributed by atoms with van der Waals surface area (Å²) in [5, 5.41) is 16.7. The molecule has 1 unspecified atom stereocenters. The van der Waals surface area contributed by atoms with E-state index in [1.807, 2.05) is 6.92 Å². The number of amides is 1. The van der Waals surface area contributed by atoms with Crippen molar-refractivity contribution in [1.82, 2.24) is 20.1 Å². The van der Waals surface area contributed by atoms with E-state index in [9.17, 15) is 18.8 Å². The Morgan fingerprint density at radius 3 is 2.76 bits per heavy atom. The lowest BCUT2D eigenvalue weighted by Gasteiger charge is -2.35. The van der Waals surface area contributed by atoms with Crippen molar-refractivity contribution < 1.29 is 13.6 Å². The van der Waals surface area contributed by atoms with E-state index in [1.165, 1.54) is 13.0 Å². The monoisotopic (exact) mass is 466 g/mol. The number of halogens is 2. The first-order chi connectivity index (χ1) is 16.4. The number of carbonyl (C=O) groups is 1. The molecule has 0 spiro atoms. The van der Waals surface area contributed by atoms with E-state index < -0.39 is 11.6 Å². The van der Waals surface area contributed by atoms with Crippen molar-refractivity contribution in [2.24, 2.45) is 5.92 Å². The Hall–Kier alpha value is -3.54. The van der Waals surface area contributed by atoms with Gasteiger partial charge in [-0.05, 0) is 57.7 Å². The Morgan fingerprint density at radius 2 is 2.00 bits per heavy atom. The smallest absolute Gasteiger partial charge is 0.254 e. The fourth-order valence-electron chi connectivity index (χ4n) is 4.69. The predicted molar refractivity (Wildman–Crippen MR) is 123 cm³/mol. The second kappa shape index (κ2) is 10.2. The number of aromatic nitrogens is 3. The van der Waals surface area contributed by atoms with Crippen LogP contribution in [0.2, 0.25) is 0 Å². The quantitative estimate of drug-likeness (QED) is 0.717. The van der Waals surface area contributed by atoms with E-state index in [2.05, 4.69) is 26.2 Å². The fraction of sp³-hybridized carbons (Fsp3) is 0.440. The zero-order valence-electron chi connectivity index (χ0n) is 19.4. The van der Waals surface area contributed by atoms with Gasteiger partial charge in [0, 0.05) is 48.7 Å². The summed E-state index contributed by atoms with van der Waals surface area (Å²) in [6.45, 7) is 5.26. The largest absolute Gasteiger partial charge is 0.355 e. The summed E-state index contributed by atoms with van der Waals surface area (Å²) >= 11 is 0. The van der Waals surface area contributed by atoms with Gasteiger partial charge in [-0.3, -0.25) is 9.89 Å². The predicted octanol–water partition coefficient (Wildman–Crippen LogP) is 4.54. The number of nitrogens with one attached hydrogen (secondary N) is 1. The molecule has 2 saturated heterocycles. The van der Waals surface area contributed by atoms with E-state index >= 15 is 0 Å². The number of hydrogen-bond acceptors (Lipinski definition) is 5. The van der Waals surface area contributed by atoms with Crippen LogP contribution in [0.5, 0.6) is 0 Å². The number of aryl methyl sites for hydroxylation is 1. The van der Waals surface area contributed by atoms with Crippen molar-refractivity contribution >= 4 is 11.7 Å². The van der Waals surface area contributed by atoms with E-state index in [0.717, 1.165) is 43.3 Å². The molecule has 1 N–H and O–H groups in total. The van der Waals surface area contributed by atoms with Crippen LogP contribution in [-0.2, 0) is 0 Å². The van der Waals surface area contributed by atoms with Gasteiger partial charge >= 0.3 is 0 Å². The Kier molecular flexibility index (Phi) is 7.06. The minimum Gasteiger partial charge on any atom is -0.355 e. The number of carbonyl (C=O) groups excluding carboxylic acids is 1. The summed E-state index contributed by atoms with van der Waals surface area (Å²) in [5.41, 5.74) is 1.69. The minimum absolute atomic E-state index is 0.00607. The van der Waals surface area contributed by atoms with Crippen LogP contribution in [0.3, 0.4) is 0 Å². The summed E-state index contributed by atoms with van der Waals surface area (Å²) in [7, 11) is 0. The van der Waals surface area contributed by atoms with Gasteiger partial charge in [-0.15, -0.1) is 0 Å². The number of nitriles is 1. The molecule has 0 radical (unpaired) electrons. The zero-order valence-corrected chi connectivity index (χ0v) is 19.4. The number of nitrogens with zero attached hydrogens (tertiary/aromatic N) is 5. The molecule has 4 rings (SSSR count). The van der Waals surface area contributed by atoms with Crippen molar-refractivity contribution in [2.45, 2.75) is 45.6 Å². The minimum atomic E-state index is -0.996. The topological polar surface area (TPSA) is 88.9 Å². The number of piperidine rings is 1. The van der Waals surface area contributed by atoms with Gasteiger partial charge in [0.05, 0.1) is 23.7 Å². The summed E-state index contributed by atoms with van der Waals surface area (Å²) in [6, 6.07) is 6.12. The second-order valence-corrected chi connectivity index (χ2v) is 8.87. The number of hydrogen-bond donors (Lipinski definition) is 1. The Labute approximate surface area is 197 Å². The van der Waals surface area contributed by atoms with Crippen LogP contribution in [0.4, 0.5) is 14.6 Å². The fourth-order valence-corrected chi connectivity index (χ4v) is 4.69. The highest BCUT2D eigenvalue weighted by molar-refractivity contribution is 5.96. The molecule has 0 aliphatic carbocycles. The average molecular weight is 467 g/mol. The van der Waals surface area contributed by atoms with Crippen molar-refractivity contribution in [3.8, 4) is 6.07 Å². The number of likely N-dealkylation sites (tertiary alicyclic amines) is 1. The molecule has 3 heterocycles. The van der Waals surface area contributed by atoms with Crippen LogP contribution in [-0.4, -0.2) is 45.6 Å². The highest BCUT2D eigenvalue weighted by Gasteiger charge is 2.31. The third-order valence-corrected chi connectivity index (χ3v) is 6.61. The number of rotatable bonds is 3. The first-order valence-electron chi connectivity index (χ1n) is 11.6. The molecule has 1 aromatic carbocycles. The molecule has 2 aliphatic heterocycles. The molecular formula is C25H28F2N6O. The Bertz CT molecular complexity index is 1170. The van der Waals surface area contributed by atoms with E-state index in [1.54, 1.807) is 23.4 Å². The highest BCUT2D eigenvalue weighted by atomic mass is 19.2. The van der Waals surface area contributed by atoms with Crippen LogP contribution in [0.25, 0.3) is 0 Å². The number of anilines is 1. The Morgan fingerprint density at radius 1 is 1.18 bits per heavy atom. The summed E-state index contributed by atoms with van der Waals surface area (Å²) in [5.74, 6) is -1.52. The molecule has 1 amide bonds. The van der Waals surface area contributed by atoms with Crippen LogP contribution >= 0.6 is 0 Å². The molecular weight excluding hydrogens is 438 g/mol. The van der Waals surface area contributed by atoms with Crippen molar-refractivity contribution in [1.29, 1.82) is 5.26 Å². The van der Waals surface area contributed by atoms with Gasteiger partial charge < -0.3 is 9.80 Å². The van der Waals surface area contributed by atoms with Crippen LogP contribution in [0.15, 0.2) is 30.6 Å². The second-order valence-electron chi connectivity index (χ2n) is 8.87. The molecule has 7 nitrogen and oxygen atoms in total. The first-order valence-corrected chi connectivity index (χ1v) is 11.6. The van der Waals surface area contributed by atoms with Crippen molar-refractivity contribution in [3.05, 3.63) is 64.6 Å². The van der Waals surface area contributed by atoms with Gasteiger partial charge in [-0.1, -0.05) is 0 Å².